The molecular weight excluding hydrogens is 518 g/mol. The fourth-order valence-corrected chi connectivity index (χ4v) is 4.75. The standard InChI is InChI=1S/C34H63NO6/c1-4-7-9-11-13-15-17-19-21-23-27-40-33(38)29-31(35-32(37)26-25-30(36)6-3)34(39)41-28-24-22-20-18-16-14-12-10-8-5-2/h31H,4-29H2,1-3H3,(H,35,37). The number of carbonyl (C=O) groups excluding carboxylic acids is 4. The molecule has 7 heteroatoms. The Labute approximate surface area is 251 Å². The average molecular weight is 582 g/mol. The van der Waals surface area contributed by atoms with Crippen LogP contribution in [0.3, 0.4) is 0 Å². The molecule has 41 heavy (non-hydrogen) atoms. The van der Waals surface area contributed by atoms with E-state index in [0.29, 0.717) is 13.0 Å². The molecule has 0 aliphatic rings. The van der Waals surface area contributed by atoms with Gasteiger partial charge in [-0.3, -0.25) is 14.4 Å². The van der Waals surface area contributed by atoms with Crippen LogP contribution in [0.15, 0.2) is 0 Å². The summed E-state index contributed by atoms with van der Waals surface area (Å²) in [5.74, 6) is -1.59. The van der Waals surface area contributed by atoms with Gasteiger partial charge in [0.1, 0.15) is 11.8 Å². The molecule has 0 bridgehead atoms. The van der Waals surface area contributed by atoms with Gasteiger partial charge in [-0.1, -0.05) is 136 Å². The topological polar surface area (TPSA) is 98.8 Å². The Morgan fingerprint density at radius 3 is 1.39 bits per heavy atom. The Morgan fingerprint density at radius 1 is 0.537 bits per heavy atom. The molecule has 0 aromatic heterocycles. The lowest BCUT2D eigenvalue weighted by molar-refractivity contribution is -0.154. The van der Waals surface area contributed by atoms with Crippen LogP contribution in [0, 0.1) is 0 Å². The molecule has 0 aliphatic carbocycles. The van der Waals surface area contributed by atoms with Gasteiger partial charge in [0.2, 0.25) is 5.91 Å². The molecule has 1 unspecified atom stereocenters. The van der Waals surface area contributed by atoms with Crippen LogP contribution in [-0.2, 0) is 28.7 Å². The summed E-state index contributed by atoms with van der Waals surface area (Å²) in [6.07, 6.45) is 24.0. The van der Waals surface area contributed by atoms with Crippen LogP contribution in [0.25, 0.3) is 0 Å². The van der Waals surface area contributed by atoms with Crippen LogP contribution < -0.4 is 5.32 Å². The molecule has 0 saturated heterocycles. The first-order valence-electron chi connectivity index (χ1n) is 17.1. The maximum atomic E-state index is 12.7. The van der Waals surface area contributed by atoms with E-state index >= 15 is 0 Å². The molecule has 1 atom stereocenters. The molecule has 0 radical (unpaired) electrons. The monoisotopic (exact) mass is 581 g/mol. The number of Topliss-reactive ketones (excluding diaryl/α,β-unsaturated/α-hetero) is 1. The summed E-state index contributed by atoms with van der Waals surface area (Å²) in [6.45, 7) is 6.79. The molecule has 1 amide bonds. The van der Waals surface area contributed by atoms with Crippen molar-refractivity contribution >= 4 is 23.6 Å². The van der Waals surface area contributed by atoms with Crippen LogP contribution >= 0.6 is 0 Å². The summed E-state index contributed by atoms with van der Waals surface area (Å²) in [5.41, 5.74) is 0. The third-order valence-electron chi connectivity index (χ3n) is 7.52. The number of esters is 2. The van der Waals surface area contributed by atoms with Gasteiger partial charge >= 0.3 is 11.9 Å². The van der Waals surface area contributed by atoms with E-state index in [1.807, 2.05) is 0 Å². The molecule has 0 aliphatic heterocycles. The third-order valence-corrected chi connectivity index (χ3v) is 7.52. The second-order valence-corrected chi connectivity index (χ2v) is 11.5. The third kappa shape index (κ3) is 26.7. The fourth-order valence-electron chi connectivity index (χ4n) is 4.75. The minimum atomic E-state index is -1.09. The van der Waals surface area contributed by atoms with Crippen molar-refractivity contribution in [1.82, 2.24) is 5.32 Å². The average Bonchev–Trinajstić information content (AvgIpc) is 2.96. The van der Waals surface area contributed by atoms with Crippen molar-refractivity contribution in [2.75, 3.05) is 13.2 Å². The molecule has 0 saturated carbocycles. The van der Waals surface area contributed by atoms with Gasteiger partial charge in [-0.25, -0.2) is 4.79 Å². The first-order chi connectivity index (χ1) is 19.9. The first kappa shape index (κ1) is 39.1. The van der Waals surface area contributed by atoms with Crippen molar-refractivity contribution in [2.24, 2.45) is 0 Å². The molecular formula is C34H63NO6. The number of nitrogens with one attached hydrogen (secondary N) is 1. The van der Waals surface area contributed by atoms with E-state index in [1.54, 1.807) is 6.92 Å². The summed E-state index contributed by atoms with van der Waals surface area (Å²) in [4.78, 5) is 49.1. The number of ether oxygens (including phenoxy) is 2. The van der Waals surface area contributed by atoms with Gasteiger partial charge in [0.15, 0.2) is 0 Å². The number of unbranched alkanes of at least 4 members (excludes halogenated alkanes) is 18. The summed E-state index contributed by atoms with van der Waals surface area (Å²) in [6, 6.07) is -1.09. The minimum absolute atomic E-state index is 0.0114. The Morgan fingerprint density at radius 2 is 0.951 bits per heavy atom. The Bertz CT molecular complexity index is 666. The highest BCUT2D eigenvalue weighted by atomic mass is 16.5. The predicted molar refractivity (Wildman–Crippen MR) is 167 cm³/mol. The molecule has 0 spiro atoms. The number of carbonyl (C=O) groups is 4. The molecule has 1 N–H and O–H groups in total. The molecule has 0 aromatic carbocycles. The zero-order valence-corrected chi connectivity index (χ0v) is 26.9. The van der Waals surface area contributed by atoms with E-state index < -0.39 is 23.9 Å². The highest BCUT2D eigenvalue weighted by Gasteiger charge is 2.26. The number of hydrogen-bond donors (Lipinski definition) is 1. The number of ketones is 1. The Balaban J connectivity index is 4.30. The summed E-state index contributed by atoms with van der Waals surface area (Å²) in [5, 5.41) is 2.59. The molecule has 0 fully saturated rings. The van der Waals surface area contributed by atoms with E-state index in [4.69, 9.17) is 9.47 Å². The Hall–Kier alpha value is -1.92. The normalized spacial score (nSPS) is 11.7. The molecule has 0 heterocycles. The van der Waals surface area contributed by atoms with Gasteiger partial charge in [-0.15, -0.1) is 0 Å². The van der Waals surface area contributed by atoms with E-state index in [2.05, 4.69) is 19.2 Å². The quantitative estimate of drug-likeness (QED) is 0.0674. The van der Waals surface area contributed by atoms with Gasteiger partial charge in [-0.05, 0) is 12.8 Å². The SMILES string of the molecule is CCCCCCCCCCCCOC(=O)CC(NC(=O)CCC(=O)CC)C(=O)OCCCCCCCCCCCC. The first-order valence-corrected chi connectivity index (χ1v) is 17.1. The molecule has 0 rings (SSSR count). The van der Waals surface area contributed by atoms with Crippen LogP contribution in [0.5, 0.6) is 0 Å². The highest BCUT2D eigenvalue weighted by Crippen LogP contribution is 2.12. The lowest BCUT2D eigenvalue weighted by Crippen LogP contribution is -2.43. The zero-order chi connectivity index (χ0) is 30.4. The van der Waals surface area contributed by atoms with Crippen molar-refractivity contribution < 1.29 is 28.7 Å². The predicted octanol–water partition coefficient (Wildman–Crippen LogP) is 8.55. The number of hydrogen-bond acceptors (Lipinski definition) is 6. The smallest absolute Gasteiger partial charge is 0.329 e. The van der Waals surface area contributed by atoms with Crippen LogP contribution in [0.4, 0.5) is 0 Å². The highest BCUT2D eigenvalue weighted by molar-refractivity contribution is 5.90. The van der Waals surface area contributed by atoms with Crippen LogP contribution in [0.2, 0.25) is 0 Å². The zero-order valence-electron chi connectivity index (χ0n) is 26.9. The van der Waals surface area contributed by atoms with Gasteiger partial charge < -0.3 is 14.8 Å². The number of amides is 1. The van der Waals surface area contributed by atoms with E-state index in [-0.39, 0.29) is 31.7 Å². The molecule has 0 aromatic rings. The maximum absolute atomic E-state index is 12.7. The van der Waals surface area contributed by atoms with Crippen molar-refractivity contribution in [1.29, 1.82) is 0 Å². The van der Waals surface area contributed by atoms with Crippen molar-refractivity contribution in [2.45, 2.75) is 181 Å². The minimum Gasteiger partial charge on any atom is -0.466 e. The Kier molecular flexibility index (Phi) is 28.2. The second-order valence-electron chi connectivity index (χ2n) is 11.5. The van der Waals surface area contributed by atoms with Crippen molar-refractivity contribution in [3.63, 3.8) is 0 Å². The molecule has 240 valence electrons. The second kappa shape index (κ2) is 29.6. The number of rotatable bonds is 30. The van der Waals surface area contributed by atoms with Gasteiger partial charge in [0, 0.05) is 19.3 Å². The molecule has 7 nitrogen and oxygen atoms in total. The van der Waals surface area contributed by atoms with Crippen molar-refractivity contribution in [3.8, 4) is 0 Å². The largest absolute Gasteiger partial charge is 0.466 e. The van der Waals surface area contributed by atoms with E-state index in [1.165, 1.54) is 89.9 Å². The van der Waals surface area contributed by atoms with Gasteiger partial charge in [-0.2, -0.15) is 0 Å². The lowest BCUT2D eigenvalue weighted by Gasteiger charge is -2.17. The summed E-state index contributed by atoms with van der Waals surface area (Å²) in [7, 11) is 0. The van der Waals surface area contributed by atoms with Gasteiger partial charge in [0.05, 0.1) is 19.6 Å². The van der Waals surface area contributed by atoms with Crippen LogP contribution in [-0.4, -0.2) is 42.9 Å². The van der Waals surface area contributed by atoms with E-state index in [0.717, 1.165) is 38.5 Å². The fraction of sp³-hybridized carbons (Fsp3) is 0.882. The lowest BCUT2D eigenvalue weighted by atomic mass is 10.1. The van der Waals surface area contributed by atoms with E-state index in [9.17, 15) is 19.2 Å². The van der Waals surface area contributed by atoms with Gasteiger partial charge in [0.25, 0.3) is 0 Å². The van der Waals surface area contributed by atoms with Crippen LogP contribution in [0.1, 0.15) is 175 Å². The summed E-state index contributed by atoms with van der Waals surface area (Å²) >= 11 is 0. The van der Waals surface area contributed by atoms with Crippen molar-refractivity contribution in [3.05, 3.63) is 0 Å². The summed E-state index contributed by atoms with van der Waals surface area (Å²) < 4.78 is 10.8. The maximum Gasteiger partial charge on any atom is 0.329 e.